The fraction of sp³-hybridized carbons (Fsp3) is 0.938. The fourth-order valence-corrected chi connectivity index (χ4v) is 3.59. The number of hydrogen-bond acceptors (Lipinski definition) is 4. The lowest BCUT2D eigenvalue weighted by molar-refractivity contribution is -0.150. The van der Waals surface area contributed by atoms with Gasteiger partial charge in [0.2, 0.25) is 0 Å². The zero-order valence-electron chi connectivity index (χ0n) is 13.9. The van der Waals surface area contributed by atoms with Crippen LogP contribution in [0.1, 0.15) is 52.9 Å². The molecule has 1 aliphatic carbocycles. The van der Waals surface area contributed by atoms with Gasteiger partial charge < -0.3 is 15.0 Å². The van der Waals surface area contributed by atoms with E-state index >= 15 is 0 Å². The molecule has 0 heterocycles. The molecule has 1 N–H and O–H groups in total. The van der Waals surface area contributed by atoms with Crippen LogP contribution in [-0.4, -0.2) is 49.7 Å². The number of esters is 1. The largest absolute Gasteiger partial charge is 0.468 e. The number of nitrogens with zero attached hydrogens (tertiary/aromatic N) is 1. The summed E-state index contributed by atoms with van der Waals surface area (Å²) in [6, 6.07) is 0.568. The van der Waals surface area contributed by atoms with Gasteiger partial charge in [0.1, 0.15) is 5.54 Å². The molecule has 118 valence electrons. The molecule has 1 saturated carbocycles. The van der Waals surface area contributed by atoms with Gasteiger partial charge in [0, 0.05) is 6.04 Å². The highest BCUT2D eigenvalue weighted by Gasteiger charge is 2.48. The molecule has 0 aromatic heterocycles. The number of ether oxygens (including phenoxy) is 1. The van der Waals surface area contributed by atoms with Gasteiger partial charge in [-0.05, 0) is 65.6 Å². The summed E-state index contributed by atoms with van der Waals surface area (Å²) in [7, 11) is 3.38. The van der Waals surface area contributed by atoms with E-state index in [1.807, 2.05) is 7.05 Å². The van der Waals surface area contributed by atoms with Crippen LogP contribution in [0, 0.1) is 5.92 Å². The van der Waals surface area contributed by atoms with E-state index in [1.54, 1.807) is 0 Å². The highest BCUT2D eigenvalue weighted by Crippen LogP contribution is 2.38. The maximum atomic E-state index is 12.2. The Balaban J connectivity index is 2.67. The topological polar surface area (TPSA) is 41.6 Å². The first-order valence-corrected chi connectivity index (χ1v) is 8.03. The molecule has 0 bridgehead atoms. The van der Waals surface area contributed by atoms with Crippen molar-refractivity contribution in [3.05, 3.63) is 0 Å². The van der Waals surface area contributed by atoms with Gasteiger partial charge >= 0.3 is 5.97 Å². The number of carbonyl (C=O) groups excluding carboxylic acids is 1. The molecular weight excluding hydrogens is 252 g/mol. The number of carbonyl (C=O) groups is 1. The molecular formula is C16H32N2O2. The van der Waals surface area contributed by atoms with Crippen molar-refractivity contribution in [2.45, 2.75) is 64.5 Å². The fourth-order valence-electron chi connectivity index (χ4n) is 3.59. The summed E-state index contributed by atoms with van der Waals surface area (Å²) in [5, 5.41) is 3.27. The third-order valence-corrected chi connectivity index (χ3v) is 4.82. The third kappa shape index (κ3) is 3.73. The normalized spacial score (nSPS) is 26.4. The lowest BCUT2D eigenvalue weighted by atomic mass is 9.84. The van der Waals surface area contributed by atoms with E-state index in [0.29, 0.717) is 12.0 Å². The van der Waals surface area contributed by atoms with Crippen LogP contribution in [0.3, 0.4) is 0 Å². The summed E-state index contributed by atoms with van der Waals surface area (Å²) in [6.45, 7) is 8.91. The van der Waals surface area contributed by atoms with Crippen molar-refractivity contribution in [3.8, 4) is 0 Å². The van der Waals surface area contributed by atoms with E-state index in [-0.39, 0.29) is 5.97 Å². The van der Waals surface area contributed by atoms with Crippen LogP contribution in [0.25, 0.3) is 0 Å². The SMILES string of the molecule is CCCN(CCC1CCCC1(NC)C(=O)OC)C(C)C. The minimum atomic E-state index is -0.455. The number of hydrogen-bond donors (Lipinski definition) is 1. The average Bonchev–Trinajstić information content (AvgIpc) is 2.86. The van der Waals surface area contributed by atoms with Gasteiger partial charge in [0.05, 0.1) is 7.11 Å². The van der Waals surface area contributed by atoms with Crippen molar-refractivity contribution in [3.63, 3.8) is 0 Å². The Morgan fingerprint density at radius 1 is 1.45 bits per heavy atom. The number of rotatable bonds is 8. The molecule has 1 rings (SSSR count). The summed E-state index contributed by atoms with van der Waals surface area (Å²) in [4.78, 5) is 14.7. The molecule has 0 aromatic carbocycles. The van der Waals surface area contributed by atoms with Crippen LogP contribution in [0.4, 0.5) is 0 Å². The Morgan fingerprint density at radius 2 is 2.15 bits per heavy atom. The van der Waals surface area contributed by atoms with E-state index in [1.165, 1.54) is 13.5 Å². The second kappa shape index (κ2) is 7.99. The van der Waals surface area contributed by atoms with Crippen LogP contribution >= 0.6 is 0 Å². The first-order valence-electron chi connectivity index (χ1n) is 8.03. The predicted octanol–water partition coefficient (Wildman–Crippen LogP) is 2.43. The molecule has 0 radical (unpaired) electrons. The van der Waals surface area contributed by atoms with E-state index < -0.39 is 5.54 Å². The zero-order valence-corrected chi connectivity index (χ0v) is 13.9. The summed E-state index contributed by atoms with van der Waals surface area (Å²) in [6.07, 6.45) is 5.37. The molecule has 4 nitrogen and oxygen atoms in total. The minimum absolute atomic E-state index is 0.0888. The highest BCUT2D eigenvalue weighted by molar-refractivity contribution is 5.81. The van der Waals surface area contributed by atoms with Gasteiger partial charge in [-0.1, -0.05) is 13.3 Å². The molecule has 4 heteroatoms. The Bertz CT molecular complexity index is 307. The van der Waals surface area contributed by atoms with E-state index in [4.69, 9.17) is 4.74 Å². The Labute approximate surface area is 124 Å². The minimum Gasteiger partial charge on any atom is -0.468 e. The van der Waals surface area contributed by atoms with Crippen LogP contribution in [0.15, 0.2) is 0 Å². The standard InChI is InChI=1S/C16H32N2O2/c1-6-11-18(13(2)3)12-9-14-8-7-10-16(14,17-4)15(19)20-5/h13-14,17H,6-12H2,1-5H3. The Kier molecular flexibility index (Phi) is 6.96. The van der Waals surface area contributed by atoms with Gasteiger partial charge in [-0.15, -0.1) is 0 Å². The molecule has 2 atom stereocenters. The van der Waals surface area contributed by atoms with Gasteiger partial charge in [-0.2, -0.15) is 0 Å². The van der Waals surface area contributed by atoms with Crippen LogP contribution in [0.5, 0.6) is 0 Å². The van der Waals surface area contributed by atoms with E-state index in [9.17, 15) is 4.79 Å². The van der Waals surface area contributed by atoms with Crippen molar-refractivity contribution in [1.29, 1.82) is 0 Å². The molecule has 0 aromatic rings. The lowest BCUT2D eigenvalue weighted by Gasteiger charge is -2.34. The predicted molar refractivity (Wildman–Crippen MR) is 82.8 cm³/mol. The van der Waals surface area contributed by atoms with Gasteiger partial charge in [0.15, 0.2) is 0 Å². The van der Waals surface area contributed by atoms with Crippen molar-refractivity contribution in [1.82, 2.24) is 10.2 Å². The first kappa shape index (κ1) is 17.4. The zero-order chi connectivity index (χ0) is 15.2. The molecule has 0 spiro atoms. The number of likely N-dealkylation sites (N-methyl/N-ethyl adjacent to an activating group) is 1. The van der Waals surface area contributed by atoms with E-state index in [2.05, 4.69) is 31.0 Å². The average molecular weight is 284 g/mol. The summed E-state index contributed by atoms with van der Waals surface area (Å²) in [5.74, 6) is 0.298. The highest BCUT2D eigenvalue weighted by atomic mass is 16.5. The van der Waals surface area contributed by atoms with Crippen LogP contribution < -0.4 is 5.32 Å². The van der Waals surface area contributed by atoms with Crippen molar-refractivity contribution < 1.29 is 9.53 Å². The van der Waals surface area contributed by atoms with Crippen molar-refractivity contribution >= 4 is 5.97 Å². The van der Waals surface area contributed by atoms with E-state index in [0.717, 1.165) is 38.8 Å². The monoisotopic (exact) mass is 284 g/mol. The number of methoxy groups -OCH3 is 1. The summed E-state index contributed by atoms with van der Waals surface area (Å²) < 4.78 is 5.05. The van der Waals surface area contributed by atoms with Gasteiger partial charge in [-0.3, -0.25) is 4.79 Å². The summed E-state index contributed by atoms with van der Waals surface area (Å²) in [5.41, 5.74) is -0.455. The van der Waals surface area contributed by atoms with Gasteiger partial charge in [0.25, 0.3) is 0 Å². The summed E-state index contributed by atoms with van der Waals surface area (Å²) >= 11 is 0. The maximum Gasteiger partial charge on any atom is 0.326 e. The quantitative estimate of drug-likeness (QED) is 0.695. The molecule has 1 fully saturated rings. The Morgan fingerprint density at radius 3 is 2.65 bits per heavy atom. The molecule has 1 aliphatic rings. The molecule has 0 saturated heterocycles. The second-order valence-electron chi connectivity index (χ2n) is 6.22. The smallest absolute Gasteiger partial charge is 0.326 e. The van der Waals surface area contributed by atoms with Gasteiger partial charge in [-0.25, -0.2) is 0 Å². The van der Waals surface area contributed by atoms with Crippen molar-refractivity contribution in [2.75, 3.05) is 27.2 Å². The van der Waals surface area contributed by atoms with Crippen molar-refractivity contribution in [2.24, 2.45) is 5.92 Å². The molecule has 0 aliphatic heterocycles. The maximum absolute atomic E-state index is 12.2. The Hall–Kier alpha value is -0.610. The first-order chi connectivity index (χ1) is 9.51. The van der Waals surface area contributed by atoms with Crippen LogP contribution in [-0.2, 0) is 9.53 Å². The second-order valence-corrected chi connectivity index (χ2v) is 6.22. The third-order valence-electron chi connectivity index (χ3n) is 4.82. The molecule has 20 heavy (non-hydrogen) atoms. The number of nitrogens with one attached hydrogen (secondary N) is 1. The van der Waals surface area contributed by atoms with Crippen LogP contribution in [0.2, 0.25) is 0 Å². The molecule has 2 unspecified atom stereocenters. The lowest BCUT2D eigenvalue weighted by Crippen LogP contribution is -2.54. The molecule has 0 amide bonds.